The number of nitrogens with one attached hydrogen (secondary N) is 1. The van der Waals surface area contributed by atoms with Crippen LogP contribution in [-0.2, 0) is 0 Å². The van der Waals surface area contributed by atoms with Crippen LogP contribution in [-0.4, -0.2) is 31.3 Å². The number of hydrogen-bond donors (Lipinski definition) is 1. The summed E-state index contributed by atoms with van der Waals surface area (Å²) < 4.78 is 0. The number of unbranched alkanes of at least 4 members (excludes halogenated alkanes) is 2. The Morgan fingerprint density at radius 3 is 1.93 bits per heavy atom. The van der Waals surface area contributed by atoms with Crippen LogP contribution in [0, 0.1) is 0 Å². The zero-order valence-electron chi connectivity index (χ0n) is 17.0. The van der Waals surface area contributed by atoms with Gasteiger partial charge in [-0.3, -0.25) is 0 Å². The molecule has 2 unspecified atom stereocenters. The van der Waals surface area contributed by atoms with E-state index in [0.29, 0.717) is 0 Å². The summed E-state index contributed by atoms with van der Waals surface area (Å²) in [6.07, 6.45) is 2.87. The van der Waals surface area contributed by atoms with Gasteiger partial charge in [-0.15, -0.1) is 12.2 Å². The highest BCUT2D eigenvalue weighted by molar-refractivity contribution is 5.50. The smallest absolute Gasteiger partial charge is 0.0366 e. The van der Waals surface area contributed by atoms with Crippen molar-refractivity contribution in [1.82, 2.24) is 0 Å². The van der Waals surface area contributed by atoms with Crippen molar-refractivity contribution in [1.29, 1.82) is 0 Å². The van der Waals surface area contributed by atoms with Crippen LogP contribution in [0.15, 0.2) is 54.6 Å². The minimum absolute atomic E-state index is 0.463. The van der Waals surface area contributed by atoms with Crippen LogP contribution in [0.2, 0.25) is 0 Å². The monoisotopic (exact) mass is 380 g/mol. The van der Waals surface area contributed by atoms with E-state index in [0.717, 1.165) is 24.3 Å². The van der Waals surface area contributed by atoms with E-state index in [4.69, 9.17) is 0 Å². The van der Waals surface area contributed by atoms with E-state index in [1.807, 2.05) is 42.5 Å². The Kier molecular flexibility index (Phi) is 7.35. The molecule has 1 saturated carbocycles. The molecule has 2 aromatic carbocycles. The van der Waals surface area contributed by atoms with Gasteiger partial charge in [0.2, 0.25) is 0 Å². The molecular formula is C24H32N2O2-2. The maximum atomic E-state index is 12.7. The number of benzene rings is 2. The Hall–Kier alpha value is -2.04. The Morgan fingerprint density at radius 1 is 0.821 bits per heavy atom. The van der Waals surface area contributed by atoms with Crippen molar-refractivity contribution in [2.45, 2.75) is 63.7 Å². The third kappa shape index (κ3) is 4.68. The number of anilines is 2. The van der Waals surface area contributed by atoms with Gasteiger partial charge in [0.05, 0.1) is 0 Å². The average molecular weight is 381 g/mol. The molecule has 0 aliphatic heterocycles. The highest BCUT2D eigenvalue weighted by atomic mass is 16.3. The van der Waals surface area contributed by atoms with Crippen molar-refractivity contribution in [3.63, 3.8) is 0 Å². The normalized spacial score (nSPS) is 23.9. The van der Waals surface area contributed by atoms with E-state index in [1.165, 1.54) is 31.4 Å². The zero-order valence-corrected chi connectivity index (χ0v) is 17.0. The summed E-state index contributed by atoms with van der Waals surface area (Å²) in [6.45, 7) is 6.52. The summed E-state index contributed by atoms with van der Waals surface area (Å²) in [5.74, 6) is -0.463. The second-order valence-corrected chi connectivity index (χ2v) is 7.78. The molecule has 2 aromatic rings. The van der Waals surface area contributed by atoms with Gasteiger partial charge >= 0.3 is 0 Å². The first kappa shape index (κ1) is 20.7. The molecule has 152 valence electrons. The number of nitrogens with zero attached hydrogens (tertiary/aromatic N) is 1. The quantitative estimate of drug-likeness (QED) is 0.688. The first-order valence-corrected chi connectivity index (χ1v) is 10.6. The van der Waals surface area contributed by atoms with E-state index < -0.39 is 24.2 Å². The van der Waals surface area contributed by atoms with Crippen LogP contribution in [0.5, 0.6) is 0 Å². The summed E-state index contributed by atoms with van der Waals surface area (Å²) in [4.78, 5) is 2.42. The molecule has 3 rings (SSSR count). The minimum atomic E-state index is -0.912. The first-order chi connectivity index (χ1) is 13.7. The number of hydrogen-bond acceptors (Lipinski definition) is 4. The van der Waals surface area contributed by atoms with Gasteiger partial charge < -0.3 is 20.4 Å². The highest BCUT2D eigenvalue weighted by Crippen LogP contribution is 2.37. The maximum Gasteiger partial charge on any atom is 0.0366 e. The summed E-state index contributed by atoms with van der Waals surface area (Å²) in [5.41, 5.74) is 2.90. The molecule has 0 amide bonds. The topological polar surface area (TPSA) is 61.4 Å². The fraction of sp³-hybridized carbons (Fsp3) is 0.500. The molecule has 0 saturated heterocycles. The van der Waals surface area contributed by atoms with Crippen molar-refractivity contribution < 1.29 is 10.2 Å². The molecule has 4 heteroatoms. The largest absolute Gasteiger partial charge is 0.850 e. The van der Waals surface area contributed by atoms with Crippen LogP contribution in [0.1, 0.15) is 51.0 Å². The lowest BCUT2D eigenvalue weighted by Crippen LogP contribution is -2.71. The Balaban J connectivity index is 1.64. The molecule has 2 atom stereocenters. The Bertz CT molecular complexity index is 686. The van der Waals surface area contributed by atoms with Crippen LogP contribution in [0.4, 0.5) is 11.4 Å². The first-order valence-electron chi connectivity index (χ1n) is 10.6. The van der Waals surface area contributed by atoms with E-state index in [9.17, 15) is 10.2 Å². The van der Waals surface area contributed by atoms with E-state index in [2.05, 4.69) is 36.2 Å². The van der Waals surface area contributed by atoms with Crippen LogP contribution in [0.25, 0.3) is 0 Å². The van der Waals surface area contributed by atoms with Gasteiger partial charge in [0.15, 0.2) is 0 Å². The van der Waals surface area contributed by atoms with Crippen LogP contribution < -0.4 is 20.4 Å². The van der Waals surface area contributed by atoms with Gasteiger partial charge in [0, 0.05) is 30.5 Å². The standard InChI is InChI=1S/C24H32N2O2/c1-3-5-16-26(17-6-4-2)20-14-12-18(13-15-20)21-23(27)22(24(21)28)25-19-10-8-7-9-11-19/h7-15,21-25H,3-6,16-17H2,1-2H3/q-2. The fourth-order valence-corrected chi connectivity index (χ4v) is 3.92. The average Bonchev–Trinajstić information content (AvgIpc) is 2.74. The van der Waals surface area contributed by atoms with Crippen molar-refractivity contribution in [3.8, 4) is 0 Å². The number of para-hydroxylation sites is 1. The molecule has 0 spiro atoms. The lowest BCUT2D eigenvalue weighted by molar-refractivity contribution is -0.530. The molecule has 0 radical (unpaired) electrons. The third-order valence-corrected chi connectivity index (χ3v) is 5.73. The van der Waals surface area contributed by atoms with Crippen LogP contribution >= 0.6 is 0 Å². The molecule has 0 bridgehead atoms. The second-order valence-electron chi connectivity index (χ2n) is 7.78. The predicted molar refractivity (Wildman–Crippen MR) is 113 cm³/mol. The van der Waals surface area contributed by atoms with Crippen molar-refractivity contribution in [2.75, 3.05) is 23.3 Å². The second kappa shape index (κ2) is 9.94. The molecule has 1 N–H and O–H groups in total. The van der Waals surface area contributed by atoms with Gasteiger partial charge in [0.25, 0.3) is 0 Å². The highest BCUT2D eigenvalue weighted by Gasteiger charge is 2.37. The van der Waals surface area contributed by atoms with Gasteiger partial charge in [-0.2, -0.15) is 0 Å². The molecular weight excluding hydrogens is 348 g/mol. The molecule has 0 aromatic heterocycles. The predicted octanol–water partition coefficient (Wildman–Crippen LogP) is 3.13. The van der Waals surface area contributed by atoms with E-state index in [-0.39, 0.29) is 0 Å². The molecule has 1 aliphatic carbocycles. The van der Waals surface area contributed by atoms with Gasteiger partial charge in [-0.05, 0) is 48.6 Å². The Morgan fingerprint density at radius 2 is 1.39 bits per heavy atom. The summed E-state index contributed by atoms with van der Waals surface area (Å²) in [6, 6.07) is 17.1. The van der Waals surface area contributed by atoms with E-state index in [1.54, 1.807) is 0 Å². The van der Waals surface area contributed by atoms with E-state index >= 15 is 0 Å². The molecule has 28 heavy (non-hydrogen) atoms. The zero-order chi connectivity index (χ0) is 19.9. The van der Waals surface area contributed by atoms with Gasteiger partial charge in [0.1, 0.15) is 0 Å². The van der Waals surface area contributed by atoms with Crippen molar-refractivity contribution in [3.05, 3.63) is 60.2 Å². The SMILES string of the molecule is CCCCN(CCCC)c1ccc(C2C([O-])C(Nc3ccccc3)C2[O-])cc1. The molecule has 1 fully saturated rings. The summed E-state index contributed by atoms with van der Waals surface area (Å²) >= 11 is 0. The van der Waals surface area contributed by atoms with Crippen LogP contribution in [0.3, 0.4) is 0 Å². The lowest BCUT2D eigenvalue weighted by Gasteiger charge is -2.61. The summed E-state index contributed by atoms with van der Waals surface area (Å²) in [7, 11) is 0. The lowest BCUT2D eigenvalue weighted by atomic mass is 9.70. The van der Waals surface area contributed by atoms with Crippen molar-refractivity contribution >= 4 is 11.4 Å². The maximum absolute atomic E-state index is 12.7. The fourth-order valence-electron chi connectivity index (χ4n) is 3.92. The molecule has 4 nitrogen and oxygen atoms in total. The van der Waals surface area contributed by atoms with Gasteiger partial charge in [-0.25, -0.2) is 0 Å². The summed E-state index contributed by atoms with van der Waals surface area (Å²) in [5, 5.41) is 28.5. The molecule has 1 aliphatic rings. The van der Waals surface area contributed by atoms with Gasteiger partial charge in [-0.1, -0.05) is 57.0 Å². The van der Waals surface area contributed by atoms with Crippen molar-refractivity contribution in [2.24, 2.45) is 0 Å². The molecule has 0 heterocycles. The Labute approximate surface area is 169 Å². The minimum Gasteiger partial charge on any atom is -0.850 e. The third-order valence-electron chi connectivity index (χ3n) is 5.73. The number of rotatable bonds is 10.